The van der Waals surface area contributed by atoms with E-state index < -0.39 is 0 Å². The monoisotopic (exact) mass is 331 g/mol. The fourth-order valence-corrected chi connectivity index (χ4v) is 2.04. The van der Waals surface area contributed by atoms with Crippen molar-refractivity contribution in [2.45, 2.75) is 25.8 Å². The van der Waals surface area contributed by atoms with Gasteiger partial charge in [0.05, 0.1) is 7.11 Å². The molecule has 2 amide bonds. The summed E-state index contributed by atoms with van der Waals surface area (Å²) in [6, 6.07) is 5.28. The van der Waals surface area contributed by atoms with E-state index in [1.54, 1.807) is 23.3 Å². The lowest BCUT2D eigenvalue weighted by molar-refractivity contribution is -0.140. The van der Waals surface area contributed by atoms with E-state index in [9.17, 15) is 9.59 Å². The number of carbonyl (C=O) groups is 2. The van der Waals surface area contributed by atoms with Gasteiger partial charge in [-0.05, 0) is 36.6 Å². The Labute approximate surface area is 140 Å². The highest BCUT2D eigenvalue weighted by atomic mass is 16.5. The number of esters is 1. The number of urea groups is 1. The van der Waals surface area contributed by atoms with Gasteiger partial charge >= 0.3 is 12.0 Å². The van der Waals surface area contributed by atoms with Crippen LogP contribution < -0.4 is 10.6 Å². The quantitative estimate of drug-likeness (QED) is 0.563. The molecule has 24 heavy (non-hydrogen) atoms. The number of carbonyl (C=O) groups excluding carboxylic acids is 2. The van der Waals surface area contributed by atoms with Crippen LogP contribution in [0.4, 0.5) is 4.79 Å². The zero-order valence-electron chi connectivity index (χ0n) is 13.6. The number of rotatable bonds is 8. The molecule has 2 aromatic rings. The molecular formula is C16H21N5O3. The van der Waals surface area contributed by atoms with Crippen LogP contribution in [0, 0.1) is 0 Å². The number of unbranched alkanes of at least 4 members (excludes halogenated alkanes) is 1. The predicted octanol–water partition coefficient (Wildman–Crippen LogP) is 1.41. The third-order valence-corrected chi connectivity index (χ3v) is 3.32. The van der Waals surface area contributed by atoms with Gasteiger partial charge in [-0.3, -0.25) is 4.79 Å². The van der Waals surface area contributed by atoms with Crippen LogP contribution in [0.1, 0.15) is 24.8 Å². The number of nitrogens with one attached hydrogen (secondary N) is 2. The van der Waals surface area contributed by atoms with E-state index in [4.69, 9.17) is 0 Å². The zero-order chi connectivity index (χ0) is 17.2. The Kier molecular flexibility index (Phi) is 6.75. The highest BCUT2D eigenvalue weighted by Gasteiger charge is 2.04. The Morgan fingerprint density at radius 1 is 1.25 bits per heavy atom. The first-order valence-corrected chi connectivity index (χ1v) is 7.72. The van der Waals surface area contributed by atoms with Gasteiger partial charge in [-0.1, -0.05) is 0 Å². The van der Waals surface area contributed by atoms with Crippen LogP contribution in [0.25, 0.3) is 5.82 Å². The average molecular weight is 331 g/mol. The Hall–Kier alpha value is -2.90. The lowest BCUT2D eigenvalue weighted by atomic mass is 10.2. The first-order valence-electron chi connectivity index (χ1n) is 7.72. The number of nitrogens with zero attached hydrogens (tertiary/aromatic N) is 3. The van der Waals surface area contributed by atoms with Gasteiger partial charge < -0.3 is 15.4 Å². The van der Waals surface area contributed by atoms with Crippen LogP contribution in [0.5, 0.6) is 0 Å². The Morgan fingerprint density at radius 3 is 2.88 bits per heavy atom. The summed E-state index contributed by atoms with van der Waals surface area (Å²) >= 11 is 0. The van der Waals surface area contributed by atoms with Crippen molar-refractivity contribution in [2.75, 3.05) is 13.7 Å². The van der Waals surface area contributed by atoms with Crippen LogP contribution in [0.2, 0.25) is 0 Å². The molecule has 0 aliphatic heterocycles. The summed E-state index contributed by atoms with van der Waals surface area (Å²) < 4.78 is 6.21. The molecular weight excluding hydrogens is 310 g/mol. The second-order valence-corrected chi connectivity index (χ2v) is 5.12. The average Bonchev–Trinajstić information content (AvgIpc) is 3.14. The Morgan fingerprint density at radius 2 is 2.12 bits per heavy atom. The minimum atomic E-state index is -0.245. The molecule has 0 spiro atoms. The molecule has 0 saturated heterocycles. The molecule has 0 saturated carbocycles. The minimum absolute atomic E-state index is 0.231. The van der Waals surface area contributed by atoms with Gasteiger partial charge in [0.1, 0.15) is 0 Å². The van der Waals surface area contributed by atoms with Crippen molar-refractivity contribution < 1.29 is 14.3 Å². The van der Waals surface area contributed by atoms with Gasteiger partial charge in [0, 0.05) is 38.1 Å². The normalized spacial score (nSPS) is 10.2. The number of aromatic nitrogens is 3. The standard InChI is InChI=1S/C16H21N5O3/c1-24-15(22)5-2-3-7-18-16(23)19-12-13-6-9-17-14(11-13)21-10-4-8-20-21/h4,6,8-11H,2-3,5,7,12H2,1H3,(H2,18,19,23). The molecule has 0 fully saturated rings. The molecule has 2 rings (SSSR count). The molecule has 0 radical (unpaired) electrons. The topological polar surface area (TPSA) is 98.1 Å². The number of pyridine rings is 1. The minimum Gasteiger partial charge on any atom is -0.469 e. The summed E-state index contributed by atoms with van der Waals surface area (Å²) in [5.41, 5.74) is 0.927. The van der Waals surface area contributed by atoms with Crippen molar-refractivity contribution in [1.29, 1.82) is 0 Å². The van der Waals surface area contributed by atoms with Crippen LogP contribution in [-0.2, 0) is 16.1 Å². The molecule has 128 valence electrons. The molecule has 2 N–H and O–H groups in total. The predicted molar refractivity (Wildman–Crippen MR) is 87.5 cm³/mol. The second-order valence-electron chi connectivity index (χ2n) is 5.12. The smallest absolute Gasteiger partial charge is 0.315 e. The van der Waals surface area contributed by atoms with Gasteiger partial charge in [-0.15, -0.1) is 0 Å². The molecule has 0 unspecified atom stereocenters. The summed E-state index contributed by atoms with van der Waals surface area (Å²) in [4.78, 5) is 26.9. The van der Waals surface area contributed by atoms with Crippen LogP contribution >= 0.6 is 0 Å². The van der Waals surface area contributed by atoms with Crippen LogP contribution in [-0.4, -0.2) is 40.4 Å². The number of ether oxygens (including phenoxy) is 1. The maximum absolute atomic E-state index is 11.7. The lowest BCUT2D eigenvalue weighted by Crippen LogP contribution is -2.35. The Balaban J connectivity index is 1.68. The fourth-order valence-electron chi connectivity index (χ4n) is 2.04. The summed E-state index contributed by atoms with van der Waals surface area (Å²) in [6.07, 6.45) is 6.94. The number of hydrogen-bond acceptors (Lipinski definition) is 5. The molecule has 0 aliphatic carbocycles. The molecule has 8 heteroatoms. The maximum atomic E-state index is 11.7. The summed E-state index contributed by atoms with van der Waals surface area (Å²) in [7, 11) is 1.37. The van der Waals surface area contributed by atoms with Crippen molar-refractivity contribution in [3.8, 4) is 5.82 Å². The van der Waals surface area contributed by atoms with Crippen molar-refractivity contribution in [3.63, 3.8) is 0 Å². The third-order valence-electron chi connectivity index (χ3n) is 3.32. The number of amides is 2. The molecule has 0 aliphatic rings. The van der Waals surface area contributed by atoms with Crippen molar-refractivity contribution in [1.82, 2.24) is 25.4 Å². The SMILES string of the molecule is COC(=O)CCCCNC(=O)NCc1ccnc(-n2cccn2)c1. The van der Waals surface area contributed by atoms with Gasteiger partial charge in [0.25, 0.3) is 0 Å². The largest absolute Gasteiger partial charge is 0.469 e. The van der Waals surface area contributed by atoms with Gasteiger partial charge in [-0.25, -0.2) is 14.5 Å². The summed E-state index contributed by atoms with van der Waals surface area (Å²) in [5.74, 6) is 0.465. The van der Waals surface area contributed by atoms with E-state index in [1.807, 2.05) is 18.2 Å². The number of methoxy groups -OCH3 is 1. The summed E-state index contributed by atoms with van der Waals surface area (Å²) in [6.45, 7) is 0.905. The third kappa shape index (κ3) is 5.71. The second kappa shape index (κ2) is 9.29. The molecule has 8 nitrogen and oxygen atoms in total. The van der Waals surface area contributed by atoms with E-state index in [1.165, 1.54) is 7.11 Å². The number of hydrogen-bond donors (Lipinski definition) is 2. The maximum Gasteiger partial charge on any atom is 0.315 e. The van der Waals surface area contributed by atoms with E-state index in [0.29, 0.717) is 31.7 Å². The molecule has 0 bridgehead atoms. The van der Waals surface area contributed by atoms with Gasteiger partial charge in [0.15, 0.2) is 5.82 Å². The molecule has 2 heterocycles. The lowest BCUT2D eigenvalue weighted by Gasteiger charge is -2.08. The van der Waals surface area contributed by atoms with Crippen LogP contribution in [0.3, 0.4) is 0 Å². The van der Waals surface area contributed by atoms with Crippen LogP contribution in [0.15, 0.2) is 36.8 Å². The van der Waals surface area contributed by atoms with Crippen molar-refractivity contribution >= 4 is 12.0 Å². The highest BCUT2D eigenvalue weighted by Crippen LogP contribution is 2.05. The fraction of sp³-hybridized carbons (Fsp3) is 0.375. The highest BCUT2D eigenvalue weighted by molar-refractivity contribution is 5.73. The molecule has 0 atom stereocenters. The van der Waals surface area contributed by atoms with E-state index in [2.05, 4.69) is 25.5 Å². The van der Waals surface area contributed by atoms with E-state index >= 15 is 0 Å². The van der Waals surface area contributed by atoms with Crippen molar-refractivity contribution in [3.05, 3.63) is 42.4 Å². The summed E-state index contributed by atoms with van der Waals surface area (Å²) in [5, 5.41) is 9.66. The van der Waals surface area contributed by atoms with E-state index in [0.717, 1.165) is 12.0 Å². The van der Waals surface area contributed by atoms with Crippen molar-refractivity contribution in [2.24, 2.45) is 0 Å². The first-order chi connectivity index (χ1) is 11.7. The van der Waals surface area contributed by atoms with E-state index in [-0.39, 0.29) is 12.0 Å². The van der Waals surface area contributed by atoms with Gasteiger partial charge in [0.2, 0.25) is 0 Å². The first kappa shape index (κ1) is 17.5. The molecule has 2 aromatic heterocycles. The zero-order valence-corrected chi connectivity index (χ0v) is 13.6. The Bertz CT molecular complexity index is 657. The van der Waals surface area contributed by atoms with Gasteiger partial charge in [-0.2, -0.15) is 5.10 Å². The molecule has 0 aromatic carbocycles.